The Hall–Kier alpha value is -5.41. The van der Waals surface area contributed by atoms with Gasteiger partial charge in [-0.25, -0.2) is 9.69 Å². The molecule has 1 aliphatic heterocycles. The van der Waals surface area contributed by atoms with Gasteiger partial charge in [0, 0.05) is 18.3 Å². The van der Waals surface area contributed by atoms with E-state index in [1.807, 2.05) is 79.7 Å². The van der Waals surface area contributed by atoms with Crippen molar-refractivity contribution < 1.29 is 37.4 Å². The summed E-state index contributed by atoms with van der Waals surface area (Å²) in [7, 11) is -2.99. The number of rotatable bonds is 27. The first kappa shape index (κ1) is 62.8. The maximum absolute atomic E-state index is 14.3. The van der Waals surface area contributed by atoms with Crippen molar-refractivity contribution in [3.8, 4) is 5.75 Å². The van der Waals surface area contributed by atoms with Crippen LogP contribution in [0.1, 0.15) is 110 Å². The highest BCUT2D eigenvalue weighted by Gasteiger charge is 2.44. The molecule has 426 valence electrons. The minimum Gasteiger partial charge on any atom is -0.497 e. The Labute approximate surface area is 477 Å². The van der Waals surface area contributed by atoms with Gasteiger partial charge in [0.1, 0.15) is 18.0 Å². The molecular weight excluding hydrogens is 1010 g/mol. The molecule has 5 aromatic rings. The maximum Gasteiger partial charge on any atom is 0.416 e. The molecule has 0 aromatic heterocycles. The quantitative estimate of drug-likeness (QED) is 0.0292. The first-order valence-corrected chi connectivity index (χ1v) is 34.5. The van der Waals surface area contributed by atoms with Gasteiger partial charge in [-0.05, 0) is 101 Å². The van der Waals surface area contributed by atoms with Crippen LogP contribution in [0.5, 0.6) is 5.75 Å². The fourth-order valence-electron chi connectivity index (χ4n) is 10.2. The minimum atomic E-state index is -2.34. The van der Waals surface area contributed by atoms with Crippen LogP contribution in [-0.2, 0) is 46.5 Å². The van der Waals surface area contributed by atoms with Crippen LogP contribution in [0.25, 0.3) is 0 Å². The molecule has 0 bridgehead atoms. The lowest BCUT2D eigenvalue weighted by atomic mass is 9.80. The topological polar surface area (TPSA) is 92.8 Å². The van der Waals surface area contributed by atoms with Crippen molar-refractivity contribution >= 4 is 28.6 Å². The predicted molar refractivity (Wildman–Crippen MR) is 327 cm³/mol. The summed E-state index contributed by atoms with van der Waals surface area (Å²) in [6, 6.07) is 49.1. The zero-order valence-electron chi connectivity index (χ0n) is 50.2. The molecule has 9 nitrogen and oxygen atoms in total. The molecule has 11 heteroatoms. The maximum atomic E-state index is 14.3. The number of ether oxygens (including phenoxy) is 4. The van der Waals surface area contributed by atoms with Gasteiger partial charge in [-0.15, -0.1) is 0 Å². The summed E-state index contributed by atoms with van der Waals surface area (Å²) >= 11 is 0. The molecule has 0 aliphatic carbocycles. The normalized spacial score (nSPS) is 17.5. The third kappa shape index (κ3) is 16.6. The molecular formula is C68H93NO8Si2. The van der Waals surface area contributed by atoms with Crippen molar-refractivity contribution in [1.29, 1.82) is 0 Å². The molecule has 1 heterocycles. The number of nitrogens with zero attached hydrogens (tertiary/aromatic N) is 1. The lowest BCUT2D eigenvalue weighted by Gasteiger charge is -2.43. The van der Waals surface area contributed by atoms with Gasteiger partial charge >= 0.3 is 6.09 Å². The lowest BCUT2D eigenvalue weighted by molar-refractivity contribution is -0.134. The zero-order chi connectivity index (χ0) is 57.6. The van der Waals surface area contributed by atoms with Crippen LogP contribution in [-0.4, -0.2) is 78.2 Å². The van der Waals surface area contributed by atoms with Crippen molar-refractivity contribution in [2.75, 3.05) is 20.3 Å². The van der Waals surface area contributed by atoms with Crippen molar-refractivity contribution in [2.24, 2.45) is 23.7 Å². The molecule has 6 rings (SSSR count). The second kappa shape index (κ2) is 27.8. The van der Waals surface area contributed by atoms with Crippen LogP contribution >= 0.6 is 0 Å². The van der Waals surface area contributed by atoms with Gasteiger partial charge in [-0.3, -0.25) is 4.79 Å². The second-order valence-corrected chi connectivity index (χ2v) is 34.6. The molecule has 0 saturated carbocycles. The number of hydrogen-bond acceptors (Lipinski definition) is 8. The van der Waals surface area contributed by atoms with Crippen LogP contribution in [0.2, 0.25) is 36.3 Å². The summed E-state index contributed by atoms with van der Waals surface area (Å²) in [6.45, 7) is 32.5. The third-order valence-electron chi connectivity index (χ3n) is 16.9. The number of amides is 2. The van der Waals surface area contributed by atoms with Crippen molar-refractivity contribution in [1.82, 2.24) is 4.90 Å². The summed E-state index contributed by atoms with van der Waals surface area (Å²) in [5.41, 5.74) is 4.41. The zero-order valence-corrected chi connectivity index (χ0v) is 52.2. The van der Waals surface area contributed by atoms with E-state index in [2.05, 4.69) is 186 Å². The minimum absolute atomic E-state index is 0.00782. The lowest BCUT2D eigenvalue weighted by Crippen LogP contribution is -2.48. The monoisotopic (exact) mass is 1110 g/mol. The van der Waals surface area contributed by atoms with Crippen LogP contribution < -0.4 is 4.74 Å². The number of carbonyl (C=O) groups excluding carboxylic acids is 2. The van der Waals surface area contributed by atoms with Crippen molar-refractivity contribution in [2.45, 2.75) is 161 Å². The average molecular weight is 1110 g/mol. The van der Waals surface area contributed by atoms with Gasteiger partial charge in [0.25, 0.3) is 0 Å². The molecule has 8 atom stereocenters. The highest BCUT2D eigenvalue weighted by Crippen LogP contribution is 2.43. The summed E-state index contributed by atoms with van der Waals surface area (Å²) in [6.07, 6.45) is 9.36. The number of benzene rings is 5. The van der Waals surface area contributed by atoms with E-state index in [1.165, 1.54) is 4.90 Å². The number of methoxy groups -OCH3 is 1. The van der Waals surface area contributed by atoms with Crippen LogP contribution in [0.3, 0.4) is 0 Å². The molecule has 1 aliphatic rings. The standard InChI is InChI=1S/C68H93NO8Si2/c1-50(29-28-44-75-68(56-32-22-17-23-33-56,57-34-24-18-25-35-57)58-36-26-19-27-37-58)62(77-79(14,15)67(8,9)10)47-61(76-78(12,13)66(5,6)7)41-38-51(2)63(73-48-55-39-42-60(72-11)43-40-55)52(3)45-53(4)64(70)69-59(49-74-65(69)71)46-54-30-20-16-21-31-54/h16-43,50-53,59,61-63H,44-49H2,1-15H3/t50-,51+,52+,53+,59-,61-,62+,63+/m1/s1. The van der Waals surface area contributed by atoms with E-state index in [4.69, 9.17) is 27.8 Å². The molecule has 0 spiro atoms. The summed E-state index contributed by atoms with van der Waals surface area (Å²) in [4.78, 5) is 28.8. The average Bonchev–Trinajstić information content (AvgIpc) is 3.93. The Balaban J connectivity index is 1.30. The fraction of sp³-hybridized carbons (Fsp3) is 0.471. The van der Waals surface area contributed by atoms with E-state index < -0.39 is 34.2 Å². The number of imide groups is 1. The van der Waals surface area contributed by atoms with E-state index in [-0.39, 0.29) is 64.7 Å². The summed E-state index contributed by atoms with van der Waals surface area (Å²) in [5.74, 6) is -0.0573. The van der Waals surface area contributed by atoms with E-state index in [0.29, 0.717) is 32.5 Å². The number of cyclic esters (lactones) is 1. The van der Waals surface area contributed by atoms with Crippen molar-refractivity contribution in [3.63, 3.8) is 0 Å². The van der Waals surface area contributed by atoms with Gasteiger partial charge < -0.3 is 27.8 Å². The smallest absolute Gasteiger partial charge is 0.416 e. The van der Waals surface area contributed by atoms with Crippen LogP contribution in [0, 0.1) is 23.7 Å². The second-order valence-electron chi connectivity index (χ2n) is 25.1. The first-order valence-electron chi connectivity index (χ1n) is 28.7. The van der Waals surface area contributed by atoms with E-state index >= 15 is 0 Å². The van der Waals surface area contributed by atoms with Gasteiger partial charge in [0.15, 0.2) is 16.6 Å². The first-order chi connectivity index (χ1) is 37.4. The highest BCUT2D eigenvalue weighted by atomic mass is 28.4. The molecule has 0 unspecified atom stereocenters. The highest BCUT2D eigenvalue weighted by molar-refractivity contribution is 6.74. The Morgan fingerprint density at radius 1 is 0.646 bits per heavy atom. The van der Waals surface area contributed by atoms with Crippen molar-refractivity contribution in [3.05, 3.63) is 198 Å². The summed E-state index contributed by atoms with van der Waals surface area (Å²) < 4.78 is 40.1. The molecule has 2 amide bonds. The Kier molecular flexibility index (Phi) is 22.1. The Morgan fingerprint density at radius 3 is 1.66 bits per heavy atom. The molecule has 0 radical (unpaired) electrons. The van der Waals surface area contributed by atoms with E-state index in [9.17, 15) is 9.59 Å². The van der Waals surface area contributed by atoms with Crippen LogP contribution in [0.4, 0.5) is 4.79 Å². The fourth-order valence-corrected chi connectivity index (χ4v) is 12.9. The predicted octanol–water partition coefficient (Wildman–Crippen LogP) is 16.4. The molecule has 0 N–H and O–H groups in total. The van der Waals surface area contributed by atoms with Crippen LogP contribution in [0.15, 0.2) is 170 Å². The van der Waals surface area contributed by atoms with Gasteiger partial charge in [-0.1, -0.05) is 227 Å². The van der Waals surface area contributed by atoms with E-state index in [0.717, 1.165) is 33.6 Å². The third-order valence-corrected chi connectivity index (χ3v) is 25.9. The van der Waals surface area contributed by atoms with E-state index in [1.54, 1.807) is 7.11 Å². The molecule has 1 fully saturated rings. The Bertz CT molecular complexity index is 2600. The van der Waals surface area contributed by atoms with Gasteiger partial charge in [0.2, 0.25) is 5.91 Å². The largest absolute Gasteiger partial charge is 0.497 e. The van der Waals surface area contributed by atoms with Gasteiger partial charge in [-0.2, -0.15) is 0 Å². The molecule has 79 heavy (non-hydrogen) atoms. The summed E-state index contributed by atoms with van der Waals surface area (Å²) in [5, 5.41) is -0.0746. The number of carbonyl (C=O) groups is 2. The number of hydrogen-bond donors (Lipinski definition) is 0. The molecule has 1 saturated heterocycles. The molecule has 5 aromatic carbocycles. The Morgan fingerprint density at radius 2 is 1.15 bits per heavy atom. The SMILES string of the molecule is COc1ccc(CO[C@@H]([C@@H](C)C=C[C@H](C[C@H](O[Si](C)(C)C(C)(C)C)[C@H](C)C=CCOC(c2ccccc2)(c2ccccc2)c2ccccc2)O[Si](C)(C)C(C)(C)C)[C@@H](C)C[C@H](C)C(=O)N2C(=O)OC[C@H]2Cc2ccccc2)cc1. The van der Waals surface area contributed by atoms with Gasteiger partial charge in [0.05, 0.1) is 44.7 Å².